The zero-order valence-corrected chi connectivity index (χ0v) is 27.8. The molecule has 266 valence electrons. The third kappa shape index (κ3) is 7.43. The van der Waals surface area contributed by atoms with Crippen molar-refractivity contribution in [3.63, 3.8) is 0 Å². The summed E-state index contributed by atoms with van der Waals surface area (Å²) in [5, 5.41) is 4.34. The Labute approximate surface area is 283 Å². The Morgan fingerprint density at radius 2 is 1.84 bits per heavy atom. The van der Waals surface area contributed by atoms with Crippen LogP contribution in [0.5, 0.6) is 0 Å². The first kappa shape index (κ1) is 34.8. The highest BCUT2D eigenvalue weighted by atomic mass is 32.2. The van der Waals surface area contributed by atoms with Gasteiger partial charge in [0.25, 0.3) is 5.91 Å². The molecule has 4 bridgehead atoms. The number of benzene rings is 1. The van der Waals surface area contributed by atoms with Crippen LogP contribution in [0.15, 0.2) is 30.9 Å². The Hall–Kier alpha value is -4.08. The molecule has 1 saturated heterocycles. The fourth-order valence-corrected chi connectivity index (χ4v) is 8.47. The lowest BCUT2D eigenvalue weighted by atomic mass is 9.98. The van der Waals surface area contributed by atoms with Gasteiger partial charge in [-0.1, -0.05) is 30.7 Å². The van der Waals surface area contributed by atoms with Crippen LogP contribution in [0.3, 0.4) is 0 Å². The molecule has 0 spiro atoms. The average molecular weight is 706 g/mol. The minimum absolute atomic E-state index is 0.0161. The van der Waals surface area contributed by atoms with Gasteiger partial charge in [0.15, 0.2) is 0 Å². The Kier molecular flexibility index (Phi) is 9.70. The van der Waals surface area contributed by atoms with E-state index in [9.17, 15) is 41.2 Å². The molecule has 2 saturated carbocycles. The minimum atomic E-state index is -3.95. The van der Waals surface area contributed by atoms with Crippen LogP contribution in [0.2, 0.25) is 0 Å². The Balaban J connectivity index is 1.26. The maximum absolute atomic E-state index is 13.9. The van der Waals surface area contributed by atoms with Crippen LogP contribution in [0.4, 0.5) is 13.6 Å². The van der Waals surface area contributed by atoms with Crippen molar-refractivity contribution < 1.29 is 45.9 Å². The predicted molar refractivity (Wildman–Crippen MR) is 170 cm³/mol. The summed E-state index contributed by atoms with van der Waals surface area (Å²) in [6, 6.07) is 2.82. The molecule has 0 aromatic heterocycles. The summed E-state index contributed by atoms with van der Waals surface area (Å²) in [4.78, 5) is 69.9. The smallest absolute Gasteiger partial charge is 0.410 e. The molecule has 5 aliphatic rings. The average Bonchev–Trinajstić information content (AvgIpc) is 3.94. The van der Waals surface area contributed by atoms with Crippen LogP contribution in [0.25, 0.3) is 0 Å². The van der Waals surface area contributed by atoms with Gasteiger partial charge >= 0.3 is 6.09 Å². The normalized spacial score (nSPS) is 29.1. The van der Waals surface area contributed by atoms with E-state index in [-0.39, 0.29) is 25.8 Å². The van der Waals surface area contributed by atoms with E-state index < -0.39 is 87.5 Å². The fourth-order valence-electron chi connectivity index (χ4n) is 7.11. The number of carbonyl (C=O) groups is 5. The Morgan fingerprint density at radius 3 is 2.53 bits per heavy atom. The largest absolute Gasteiger partial charge is 0.444 e. The molecule has 0 radical (unpaired) electrons. The van der Waals surface area contributed by atoms with Crippen molar-refractivity contribution in [2.75, 3.05) is 6.54 Å². The number of hydrogen-bond donors (Lipinski definition) is 3. The first-order valence-corrected chi connectivity index (χ1v) is 18.3. The van der Waals surface area contributed by atoms with E-state index in [0.29, 0.717) is 38.8 Å². The molecule has 5 amide bonds. The lowest BCUT2D eigenvalue weighted by Gasteiger charge is -2.29. The van der Waals surface area contributed by atoms with Crippen molar-refractivity contribution in [3.05, 3.63) is 47.5 Å². The van der Waals surface area contributed by atoms with E-state index in [2.05, 4.69) is 21.9 Å². The Bertz CT molecular complexity index is 1650. The summed E-state index contributed by atoms with van der Waals surface area (Å²) in [5.41, 5.74) is 1.44. The van der Waals surface area contributed by atoms with E-state index in [1.54, 1.807) is 0 Å². The van der Waals surface area contributed by atoms with Gasteiger partial charge in [-0.05, 0) is 55.2 Å². The van der Waals surface area contributed by atoms with E-state index in [0.717, 1.165) is 34.4 Å². The van der Waals surface area contributed by atoms with Gasteiger partial charge in [-0.2, -0.15) is 0 Å². The van der Waals surface area contributed by atoms with Crippen molar-refractivity contribution in [3.8, 4) is 0 Å². The molecule has 5 atom stereocenters. The van der Waals surface area contributed by atoms with Crippen LogP contribution in [0, 0.1) is 5.92 Å². The summed E-state index contributed by atoms with van der Waals surface area (Å²) in [6.45, 7) is 3.97. The second-order valence-electron chi connectivity index (χ2n) is 13.6. The van der Waals surface area contributed by atoms with Crippen molar-refractivity contribution >= 4 is 39.7 Å². The Morgan fingerprint density at radius 1 is 1.10 bits per heavy atom. The summed E-state index contributed by atoms with van der Waals surface area (Å²) in [6.07, 6.45) is -0.945. The molecule has 3 aliphatic heterocycles. The van der Waals surface area contributed by atoms with Gasteiger partial charge in [-0.15, -0.1) is 6.58 Å². The monoisotopic (exact) mass is 705 g/mol. The highest BCUT2D eigenvalue weighted by molar-refractivity contribution is 7.91. The molecule has 6 rings (SSSR count). The van der Waals surface area contributed by atoms with Crippen molar-refractivity contribution in [1.29, 1.82) is 0 Å². The molecular formula is C33H41F2N5O8S. The summed E-state index contributed by atoms with van der Waals surface area (Å²) in [7, 11) is -3.95. The lowest BCUT2D eigenvalue weighted by molar-refractivity contribution is -0.143. The number of alkyl halides is 2. The molecule has 1 aromatic carbocycles. The lowest BCUT2D eigenvalue weighted by Crippen LogP contribution is -2.58. The predicted octanol–water partition coefficient (Wildman–Crippen LogP) is 2.03. The third-order valence-corrected chi connectivity index (χ3v) is 11.9. The number of aryl methyl sites for hydroxylation is 1. The quantitative estimate of drug-likeness (QED) is 0.345. The molecule has 13 nitrogen and oxygen atoms in total. The van der Waals surface area contributed by atoms with E-state index in [1.165, 1.54) is 11.0 Å². The van der Waals surface area contributed by atoms with Crippen molar-refractivity contribution in [2.45, 2.75) is 113 Å². The number of sulfonamides is 1. The van der Waals surface area contributed by atoms with Gasteiger partial charge in [-0.3, -0.25) is 28.8 Å². The maximum Gasteiger partial charge on any atom is 0.410 e. The number of halogens is 2. The van der Waals surface area contributed by atoms with Crippen LogP contribution in [0.1, 0.15) is 74.5 Å². The molecule has 16 heteroatoms. The SMILES string of the molecule is C=C[C@@H]1C[C@]1(NC(=O)[C@@H]1C[C@@H]2CN1C(=O)[C@H](CC(F)F)NC(=O)CCCCCc1cccc3c1CN(C3)C(=O)O2)C(=O)NS(=O)(=O)C1CC1. The van der Waals surface area contributed by atoms with Crippen molar-refractivity contribution in [1.82, 2.24) is 25.2 Å². The van der Waals surface area contributed by atoms with Gasteiger partial charge in [0.2, 0.25) is 34.2 Å². The standard InChI is InChI=1S/C33H41F2N5O8S/c1-2-21-15-33(21,31(44)38-49(46,47)23-11-12-23)37-29(42)26-13-22-17-40(26)30(43)25(14-27(34)35)36-28(41)10-5-3-4-7-19-8-6-9-20-16-39(18-24(19)20)32(45)48-22/h2,6,8-9,21-23,25-27H,1,3-5,7,10-18H2,(H,36,41)(H,37,42)(H,38,44)/t21-,22-,25+,26+,33-/m1/s1. The topological polar surface area (TPSA) is 171 Å². The number of amides is 5. The number of fused-ring (bicyclic) bond motifs is 3. The fraction of sp³-hybridized carbons (Fsp3) is 0.606. The van der Waals surface area contributed by atoms with Gasteiger partial charge in [0, 0.05) is 38.3 Å². The van der Waals surface area contributed by atoms with E-state index >= 15 is 0 Å². The molecule has 49 heavy (non-hydrogen) atoms. The van der Waals surface area contributed by atoms with Gasteiger partial charge in [-0.25, -0.2) is 22.0 Å². The van der Waals surface area contributed by atoms with E-state index in [1.807, 2.05) is 18.2 Å². The van der Waals surface area contributed by atoms with Gasteiger partial charge < -0.3 is 20.3 Å². The molecule has 1 aromatic rings. The van der Waals surface area contributed by atoms with Gasteiger partial charge in [0.1, 0.15) is 23.7 Å². The van der Waals surface area contributed by atoms with Crippen LogP contribution in [-0.4, -0.2) is 89.9 Å². The van der Waals surface area contributed by atoms with Gasteiger partial charge in [0.05, 0.1) is 11.8 Å². The number of hydrogen-bond acceptors (Lipinski definition) is 8. The molecule has 0 unspecified atom stereocenters. The zero-order chi connectivity index (χ0) is 35.1. The third-order valence-electron chi connectivity index (χ3n) is 10.1. The maximum atomic E-state index is 13.9. The highest BCUT2D eigenvalue weighted by Gasteiger charge is 2.62. The second kappa shape index (κ2) is 13.7. The molecule has 2 aliphatic carbocycles. The summed E-state index contributed by atoms with van der Waals surface area (Å²) in [5.74, 6) is -3.96. The molecule has 3 heterocycles. The van der Waals surface area contributed by atoms with Crippen LogP contribution in [-0.2, 0) is 53.4 Å². The molecule has 3 N–H and O–H groups in total. The van der Waals surface area contributed by atoms with E-state index in [4.69, 9.17) is 4.74 Å². The second-order valence-corrected chi connectivity index (χ2v) is 15.6. The van der Waals surface area contributed by atoms with Crippen LogP contribution >= 0.6 is 0 Å². The van der Waals surface area contributed by atoms with Crippen molar-refractivity contribution in [2.24, 2.45) is 5.92 Å². The number of rotatable bonds is 8. The summed E-state index contributed by atoms with van der Waals surface area (Å²) >= 11 is 0. The number of nitrogens with one attached hydrogen (secondary N) is 3. The molecule has 3 fully saturated rings. The van der Waals surface area contributed by atoms with Crippen LogP contribution < -0.4 is 15.4 Å². The zero-order valence-electron chi connectivity index (χ0n) is 27.0. The highest BCUT2D eigenvalue weighted by Crippen LogP contribution is 2.45. The minimum Gasteiger partial charge on any atom is -0.444 e. The number of ether oxygens (including phenoxy) is 1. The first-order chi connectivity index (χ1) is 23.3. The summed E-state index contributed by atoms with van der Waals surface area (Å²) < 4.78 is 60.4. The number of nitrogens with zero attached hydrogens (tertiary/aromatic N) is 2. The molecular weight excluding hydrogens is 664 g/mol. The number of carbonyl (C=O) groups excluding carboxylic acids is 5. The first-order valence-electron chi connectivity index (χ1n) is 16.7.